The maximum atomic E-state index is 5.29. The van der Waals surface area contributed by atoms with Crippen molar-refractivity contribution in [1.82, 2.24) is 9.97 Å². The summed E-state index contributed by atoms with van der Waals surface area (Å²) in [7, 11) is 0. The molecule has 0 aliphatic rings. The molecule has 112 valence electrons. The lowest BCUT2D eigenvalue weighted by Gasteiger charge is -2.14. The summed E-state index contributed by atoms with van der Waals surface area (Å²) in [5, 5.41) is 6.52. The number of nitrogens with one attached hydrogen (secondary N) is 2. The number of anilines is 2. The van der Waals surface area contributed by atoms with Gasteiger partial charge in [-0.25, -0.2) is 4.98 Å². The van der Waals surface area contributed by atoms with Gasteiger partial charge in [0.15, 0.2) is 0 Å². The molecule has 2 heterocycles. The fraction of sp³-hybridized carbons (Fsp3) is 0.176. The first-order valence-electron chi connectivity index (χ1n) is 7.22. The summed E-state index contributed by atoms with van der Waals surface area (Å²) >= 11 is 0. The smallest absolute Gasteiger partial charge is 0.225 e. The fourth-order valence-electron chi connectivity index (χ4n) is 2.14. The number of hydrogen-bond acceptors (Lipinski definition) is 5. The monoisotopic (exact) mass is 294 g/mol. The Hall–Kier alpha value is -2.82. The first kappa shape index (κ1) is 14.1. The molecule has 5 nitrogen and oxygen atoms in total. The van der Waals surface area contributed by atoms with Gasteiger partial charge < -0.3 is 15.1 Å². The molecule has 1 unspecified atom stereocenters. The quantitative estimate of drug-likeness (QED) is 0.723. The van der Waals surface area contributed by atoms with Crippen molar-refractivity contribution in [1.29, 1.82) is 0 Å². The standard InChI is InChI=1S/C17H18N4O/c1-13(14-6-3-2-4-7-14)20-17-18-10-9-16(21-17)19-12-15-8-5-11-22-15/h2-11,13H,12H2,1H3,(H2,18,19,20,21). The van der Waals surface area contributed by atoms with Crippen LogP contribution in [0.2, 0.25) is 0 Å². The molecule has 0 aliphatic heterocycles. The summed E-state index contributed by atoms with van der Waals surface area (Å²) in [6.45, 7) is 2.68. The zero-order valence-electron chi connectivity index (χ0n) is 12.4. The molecule has 1 aromatic carbocycles. The summed E-state index contributed by atoms with van der Waals surface area (Å²) in [6.07, 6.45) is 3.39. The highest BCUT2D eigenvalue weighted by Gasteiger charge is 2.07. The molecule has 0 saturated heterocycles. The van der Waals surface area contributed by atoms with E-state index < -0.39 is 0 Å². The minimum atomic E-state index is 0.140. The molecular weight excluding hydrogens is 276 g/mol. The van der Waals surface area contributed by atoms with E-state index in [1.807, 2.05) is 36.4 Å². The van der Waals surface area contributed by atoms with Gasteiger partial charge in [0.25, 0.3) is 0 Å². The molecule has 0 amide bonds. The van der Waals surface area contributed by atoms with Crippen LogP contribution in [0.25, 0.3) is 0 Å². The minimum absolute atomic E-state index is 0.140. The van der Waals surface area contributed by atoms with Crippen LogP contribution < -0.4 is 10.6 Å². The normalized spacial score (nSPS) is 11.9. The van der Waals surface area contributed by atoms with Crippen molar-refractivity contribution in [2.45, 2.75) is 19.5 Å². The van der Waals surface area contributed by atoms with Gasteiger partial charge in [0.05, 0.1) is 18.8 Å². The second-order valence-corrected chi connectivity index (χ2v) is 4.98. The number of aromatic nitrogens is 2. The molecule has 3 rings (SSSR count). The summed E-state index contributed by atoms with van der Waals surface area (Å²) < 4.78 is 5.29. The van der Waals surface area contributed by atoms with Crippen LogP contribution >= 0.6 is 0 Å². The fourth-order valence-corrected chi connectivity index (χ4v) is 2.14. The van der Waals surface area contributed by atoms with Gasteiger partial charge in [-0.2, -0.15) is 4.98 Å². The number of hydrogen-bond donors (Lipinski definition) is 2. The molecule has 1 atom stereocenters. The second-order valence-electron chi connectivity index (χ2n) is 4.98. The summed E-state index contributed by atoms with van der Waals surface area (Å²) in [4.78, 5) is 8.73. The minimum Gasteiger partial charge on any atom is -0.467 e. The number of nitrogens with zero attached hydrogens (tertiary/aromatic N) is 2. The van der Waals surface area contributed by atoms with Gasteiger partial charge in [0.1, 0.15) is 11.6 Å². The van der Waals surface area contributed by atoms with E-state index in [4.69, 9.17) is 4.42 Å². The summed E-state index contributed by atoms with van der Waals surface area (Å²) in [5.74, 6) is 2.22. The van der Waals surface area contributed by atoms with Gasteiger partial charge in [-0.15, -0.1) is 0 Å². The van der Waals surface area contributed by atoms with E-state index in [9.17, 15) is 0 Å². The molecule has 22 heavy (non-hydrogen) atoms. The van der Waals surface area contributed by atoms with Crippen LogP contribution in [0.5, 0.6) is 0 Å². The molecule has 2 N–H and O–H groups in total. The zero-order chi connectivity index (χ0) is 15.2. The van der Waals surface area contributed by atoms with E-state index in [2.05, 4.69) is 39.7 Å². The lowest BCUT2D eigenvalue weighted by atomic mass is 10.1. The van der Waals surface area contributed by atoms with Crippen molar-refractivity contribution in [2.75, 3.05) is 10.6 Å². The third-order valence-corrected chi connectivity index (χ3v) is 3.32. The molecule has 0 bridgehead atoms. The average molecular weight is 294 g/mol. The van der Waals surface area contributed by atoms with Gasteiger partial charge in [0, 0.05) is 6.20 Å². The van der Waals surface area contributed by atoms with E-state index in [1.165, 1.54) is 5.56 Å². The summed E-state index contributed by atoms with van der Waals surface area (Å²) in [6, 6.07) is 16.0. The highest BCUT2D eigenvalue weighted by atomic mass is 16.3. The number of rotatable bonds is 6. The molecule has 5 heteroatoms. The Kier molecular flexibility index (Phi) is 4.34. The van der Waals surface area contributed by atoms with Crippen molar-refractivity contribution < 1.29 is 4.42 Å². The highest BCUT2D eigenvalue weighted by Crippen LogP contribution is 2.17. The maximum absolute atomic E-state index is 5.29. The Bertz CT molecular complexity index is 698. The number of furan rings is 1. The van der Waals surface area contributed by atoms with E-state index in [-0.39, 0.29) is 6.04 Å². The van der Waals surface area contributed by atoms with Crippen LogP contribution in [0.4, 0.5) is 11.8 Å². The van der Waals surface area contributed by atoms with Gasteiger partial charge in [-0.05, 0) is 30.7 Å². The molecule has 0 aliphatic carbocycles. The predicted molar refractivity (Wildman–Crippen MR) is 86.5 cm³/mol. The van der Waals surface area contributed by atoms with Crippen molar-refractivity contribution in [3.8, 4) is 0 Å². The van der Waals surface area contributed by atoms with Crippen LogP contribution in [0.1, 0.15) is 24.3 Å². The van der Waals surface area contributed by atoms with Gasteiger partial charge in [-0.1, -0.05) is 30.3 Å². The molecule has 0 spiro atoms. The number of benzene rings is 1. The Morgan fingerprint density at radius 1 is 1.09 bits per heavy atom. The Balaban J connectivity index is 1.63. The van der Waals surface area contributed by atoms with Gasteiger partial charge in [0.2, 0.25) is 5.95 Å². The third kappa shape index (κ3) is 3.63. The van der Waals surface area contributed by atoms with Crippen LogP contribution in [-0.2, 0) is 6.54 Å². The van der Waals surface area contributed by atoms with Crippen LogP contribution in [0.3, 0.4) is 0 Å². The predicted octanol–water partition coefficient (Wildman–Crippen LogP) is 3.85. The average Bonchev–Trinajstić information content (AvgIpc) is 3.08. The lowest BCUT2D eigenvalue weighted by molar-refractivity contribution is 0.518. The van der Waals surface area contributed by atoms with Crippen LogP contribution in [-0.4, -0.2) is 9.97 Å². The Morgan fingerprint density at radius 3 is 2.73 bits per heavy atom. The molecular formula is C17H18N4O. The molecule has 3 aromatic rings. The largest absolute Gasteiger partial charge is 0.467 e. The van der Waals surface area contributed by atoms with Crippen molar-refractivity contribution in [3.63, 3.8) is 0 Å². The van der Waals surface area contributed by atoms with E-state index in [0.29, 0.717) is 12.5 Å². The van der Waals surface area contributed by atoms with Crippen LogP contribution in [0.15, 0.2) is 65.4 Å². The lowest BCUT2D eigenvalue weighted by Crippen LogP contribution is -2.10. The van der Waals surface area contributed by atoms with Crippen LogP contribution in [0, 0.1) is 0 Å². The Labute approximate surface area is 129 Å². The highest BCUT2D eigenvalue weighted by molar-refractivity contribution is 5.41. The van der Waals surface area contributed by atoms with E-state index in [1.54, 1.807) is 12.5 Å². The second kappa shape index (κ2) is 6.76. The Morgan fingerprint density at radius 2 is 1.95 bits per heavy atom. The van der Waals surface area contributed by atoms with E-state index in [0.717, 1.165) is 11.6 Å². The van der Waals surface area contributed by atoms with Crippen molar-refractivity contribution >= 4 is 11.8 Å². The summed E-state index contributed by atoms with van der Waals surface area (Å²) in [5.41, 5.74) is 1.19. The molecule has 2 aromatic heterocycles. The SMILES string of the molecule is CC(Nc1nccc(NCc2ccco2)n1)c1ccccc1. The topological polar surface area (TPSA) is 63.0 Å². The molecule has 0 saturated carbocycles. The first-order chi connectivity index (χ1) is 10.8. The molecule has 0 radical (unpaired) electrons. The van der Waals surface area contributed by atoms with Gasteiger partial charge >= 0.3 is 0 Å². The van der Waals surface area contributed by atoms with Crippen molar-refractivity contribution in [3.05, 3.63) is 72.3 Å². The maximum Gasteiger partial charge on any atom is 0.225 e. The molecule has 0 fully saturated rings. The van der Waals surface area contributed by atoms with E-state index >= 15 is 0 Å². The zero-order valence-corrected chi connectivity index (χ0v) is 12.4. The van der Waals surface area contributed by atoms with Gasteiger partial charge in [-0.3, -0.25) is 0 Å². The first-order valence-corrected chi connectivity index (χ1v) is 7.22. The third-order valence-electron chi connectivity index (χ3n) is 3.32. The van der Waals surface area contributed by atoms with Crippen molar-refractivity contribution in [2.24, 2.45) is 0 Å².